The smallest absolute Gasteiger partial charge is 0.255 e. The number of nitrogens with zero attached hydrogens (tertiary/aromatic N) is 1. The zero-order chi connectivity index (χ0) is 14.7. The fraction of sp³-hybridized carbons (Fsp3) is 0.0667. The normalized spacial score (nSPS) is 9.85. The summed E-state index contributed by atoms with van der Waals surface area (Å²) in [6.07, 6.45) is 0. The molecule has 100 valence electrons. The van der Waals surface area contributed by atoms with E-state index in [1.807, 2.05) is 6.07 Å². The minimum Gasteiger partial charge on any atom is -0.508 e. The summed E-state index contributed by atoms with van der Waals surface area (Å²) < 4.78 is 13.0. The van der Waals surface area contributed by atoms with Gasteiger partial charge in [-0.1, -0.05) is 6.07 Å². The van der Waals surface area contributed by atoms with Crippen LogP contribution < -0.4 is 5.32 Å². The number of nitrogens with one attached hydrogen (secondary N) is 1. The molecule has 2 aromatic rings. The highest BCUT2D eigenvalue weighted by Crippen LogP contribution is 2.20. The van der Waals surface area contributed by atoms with Crippen molar-refractivity contribution in [3.05, 3.63) is 58.9 Å². The van der Waals surface area contributed by atoms with E-state index in [-0.39, 0.29) is 22.6 Å². The van der Waals surface area contributed by atoms with E-state index in [1.54, 1.807) is 19.1 Å². The quantitative estimate of drug-likeness (QED) is 0.881. The topological polar surface area (TPSA) is 73.1 Å². The van der Waals surface area contributed by atoms with Gasteiger partial charge in [-0.15, -0.1) is 0 Å². The number of halogens is 1. The molecule has 0 fully saturated rings. The third-order valence-corrected chi connectivity index (χ3v) is 2.82. The van der Waals surface area contributed by atoms with Crippen molar-refractivity contribution in [3.63, 3.8) is 0 Å². The lowest BCUT2D eigenvalue weighted by atomic mass is 10.1. The van der Waals surface area contributed by atoms with E-state index < -0.39 is 11.7 Å². The molecule has 0 saturated heterocycles. The van der Waals surface area contributed by atoms with Gasteiger partial charge in [0.15, 0.2) is 0 Å². The predicted octanol–water partition coefficient (Wildman–Crippen LogP) is 2.96. The second-order valence-corrected chi connectivity index (χ2v) is 4.26. The Labute approximate surface area is 115 Å². The van der Waals surface area contributed by atoms with E-state index in [0.29, 0.717) is 5.56 Å². The molecule has 0 aromatic heterocycles. The molecular formula is C15H11FN2O2. The van der Waals surface area contributed by atoms with Gasteiger partial charge in [0.05, 0.1) is 11.3 Å². The molecule has 0 unspecified atom stereocenters. The zero-order valence-corrected chi connectivity index (χ0v) is 10.6. The molecular weight excluding hydrogens is 259 g/mol. The summed E-state index contributed by atoms with van der Waals surface area (Å²) in [5.74, 6) is -1.02. The van der Waals surface area contributed by atoms with E-state index in [0.717, 1.165) is 12.1 Å². The van der Waals surface area contributed by atoms with E-state index >= 15 is 0 Å². The van der Waals surface area contributed by atoms with Crippen LogP contribution in [0.5, 0.6) is 5.75 Å². The van der Waals surface area contributed by atoms with E-state index in [1.165, 1.54) is 12.1 Å². The first kappa shape index (κ1) is 13.6. The van der Waals surface area contributed by atoms with Crippen molar-refractivity contribution in [2.75, 3.05) is 5.32 Å². The number of benzene rings is 2. The van der Waals surface area contributed by atoms with Crippen molar-refractivity contribution in [3.8, 4) is 11.8 Å². The van der Waals surface area contributed by atoms with Crippen LogP contribution in [-0.4, -0.2) is 11.0 Å². The van der Waals surface area contributed by atoms with Crippen LogP contribution in [-0.2, 0) is 0 Å². The Hall–Kier alpha value is -2.87. The van der Waals surface area contributed by atoms with Gasteiger partial charge in [0.2, 0.25) is 0 Å². The SMILES string of the molecule is Cc1ccc(C(=O)Nc2ccc(F)cc2C#N)cc1O. The number of amides is 1. The third kappa shape index (κ3) is 2.75. The molecule has 0 aliphatic heterocycles. The monoisotopic (exact) mass is 270 g/mol. The maximum atomic E-state index is 13.0. The molecule has 0 aliphatic rings. The van der Waals surface area contributed by atoms with E-state index in [4.69, 9.17) is 5.26 Å². The van der Waals surface area contributed by atoms with Crippen LogP contribution in [0.4, 0.5) is 10.1 Å². The second-order valence-electron chi connectivity index (χ2n) is 4.26. The molecule has 0 spiro atoms. The zero-order valence-electron chi connectivity index (χ0n) is 10.6. The average Bonchev–Trinajstić information content (AvgIpc) is 2.43. The molecule has 0 atom stereocenters. The Morgan fingerprint density at radius 3 is 2.70 bits per heavy atom. The Kier molecular flexibility index (Phi) is 3.67. The van der Waals surface area contributed by atoms with Crippen molar-refractivity contribution in [2.45, 2.75) is 6.92 Å². The lowest BCUT2D eigenvalue weighted by Gasteiger charge is -2.08. The summed E-state index contributed by atoms with van der Waals surface area (Å²) in [4.78, 5) is 12.0. The Morgan fingerprint density at radius 2 is 2.05 bits per heavy atom. The van der Waals surface area contributed by atoms with Crippen molar-refractivity contribution in [1.82, 2.24) is 0 Å². The summed E-state index contributed by atoms with van der Waals surface area (Å²) in [5, 5.41) is 21.0. The average molecular weight is 270 g/mol. The molecule has 2 N–H and O–H groups in total. The van der Waals surface area contributed by atoms with Gasteiger partial charge in [-0.25, -0.2) is 4.39 Å². The third-order valence-electron chi connectivity index (χ3n) is 2.82. The first-order valence-electron chi connectivity index (χ1n) is 5.82. The van der Waals surface area contributed by atoms with Crippen molar-refractivity contribution in [2.24, 2.45) is 0 Å². The van der Waals surface area contributed by atoms with Crippen LogP contribution in [0.25, 0.3) is 0 Å². The Bertz CT molecular complexity index is 720. The maximum absolute atomic E-state index is 13.0. The van der Waals surface area contributed by atoms with Gasteiger partial charge in [0.1, 0.15) is 17.6 Å². The summed E-state index contributed by atoms with van der Waals surface area (Å²) >= 11 is 0. The second kappa shape index (κ2) is 5.41. The minimum absolute atomic E-state index is 0.0114. The van der Waals surface area contributed by atoms with Crippen LogP contribution in [0.2, 0.25) is 0 Å². The predicted molar refractivity (Wildman–Crippen MR) is 71.9 cm³/mol. The molecule has 0 radical (unpaired) electrons. The number of carbonyl (C=O) groups excluding carboxylic acids is 1. The van der Waals surface area contributed by atoms with Crippen LogP contribution in [0, 0.1) is 24.1 Å². The van der Waals surface area contributed by atoms with Crippen molar-refractivity contribution in [1.29, 1.82) is 5.26 Å². The standard InChI is InChI=1S/C15H11FN2O2/c1-9-2-3-10(7-14(9)19)15(20)18-13-5-4-12(16)6-11(13)8-17/h2-7,19H,1H3,(H,18,20). The van der Waals surface area contributed by atoms with Crippen molar-refractivity contribution < 1.29 is 14.3 Å². The van der Waals surface area contributed by atoms with Crippen LogP contribution in [0.1, 0.15) is 21.5 Å². The number of rotatable bonds is 2. The summed E-state index contributed by atoms with van der Waals surface area (Å²) in [6.45, 7) is 1.71. The fourth-order valence-electron chi connectivity index (χ4n) is 1.66. The first-order valence-corrected chi connectivity index (χ1v) is 5.82. The number of carbonyl (C=O) groups is 1. The molecule has 0 saturated carbocycles. The Morgan fingerprint density at radius 1 is 1.30 bits per heavy atom. The van der Waals surface area contributed by atoms with Gasteiger partial charge >= 0.3 is 0 Å². The molecule has 0 bridgehead atoms. The number of phenolic OH excluding ortho intramolecular Hbond substituents is 1. The van der Waals surface area contributed by atoms with Gasteiger partial charge in [-0.3, -0.25) is 4.79 Å². The number of hydrogen-bond acceptors (Lipinski definition) is 3. The molecule has 0 aliphatic carbocycles. The van der Waals surface area contributed by atoms with Crippen LogP contribution >= 0.6 is 0 Å². The molecule has 4 nitrogen and oxygen atoms in total. The number of phenols is 1. The van der Waals surface area contributed by atoms with Gasteiger partial charge in [0, 0.05) is 5.56 Å². The van der Waals surface area contributed by atoms with E-state index in [2.05, 4.69) is 5.32 Å². The van der Waals surface area contributed by atoms with Gasteiger partial charge < -0.3 is 10.4 Å². The van der Waals surface area contributed by atoms with Gasteiger partial charge in [-0.2, -0.15) is 5.26 Å². The highest BCUT2D eigenvalue weighted by Gasteiger charge is 2.11. The fourth-order valence-corrected chi connectivity index (χ4v) is 1.66. The summed E-state index contributed by atoms with van der Waals surface area (Å²) in [5.41, 5.74) is 1.16. The number of hydrogen-bond donors (Lipinski definition) is 2. The highest BCUT2D eigenvalue weighted by atomic mass is 19.1. The molecule has 5 heteroatoms. The molecule has 1 amide bonds. The van der Waals surface area contributed by atoms with Crippen molar-refractivity contribution >= 4 is 11.6 Å². The number of aromatic hydroxyl groups is 1. The van der Waals surface area contributed by atoms with E-state index in [9.17, 15) is 14.3 Å². The summed E-state index contributed by atoms with van der Waals surface area (Å²) in [6, 6.07) is 9.83. The highest BCUT2D eigenvalue weighted by molar-refractivity contribution is 6.05. The van der Waals surface area contributed by atoms with Gasteiger partial charge in [0.25, 0.3) is 5.91 Å². The first-order chi connectivity index (χ1) is 9.51. The maximum Gasteiger partial charge on any atom is 0.255 e. The molecule has 2 aromatic carbocycles. The lowest BCUT2D eigenvalue weighted by molar-refractivity contribution is 0.102. The summed E-state index contributed by atoms with van der Waals surface area (Å²) in [7, 11) is 0. The molecule has 20 heavy (non-hydrogen) atoms. The molecule has 0 heterocycles. The van der Waals surface area contributed by atoms with Gasteiger partial charge in [-0.05, 0) is 42.8 Å². The largest absolute Gasteiger partial charge is 0.508 e. The van der Waals surface area contributed by atoms with Crippen LogP contribution in [0.15, 0.2) is 36.4 Å². The lowest BCUT2D eigenvalue weighted by Crippen LogP contribution is -2.13. The van der Waals surface area contributed by atoms with Crippen LogP contribution in [0.3, 0.4) is 0 Å². The minimum atomic E-state index is -0.549. The number of anilines is 1. The number of nitriles is 1. The Balaban J connectivity index is 2.28. The number of aryl methyl sites for hydroxylation is 1. The molecule has 2 rings (SSSR count).